The Kier molecular flexibility index (Phi) is 7.12. The van der Waals surface area contributed by atoms with Crippen molar-refractivity contribution in [3.63, 3.8) is 0 Å². The molecule has 0 fully saturated rings. The van der Waals surface area contributed by atoms with E-state index in [1.54, 1.807) is 12.1 Å². The average Bonchev–Trinajstić information content (AvgIpc) is 3.16. The number of nitrogens with one attached hydrogen (secondary N) is 1. The van der Waals surface area contributed by atoms with Gasteiger partial charge < -0.3 is 9.73 Å². The Hall–Kier alpha value is -2.31. The van der Waals surface area contributed by atoms with Crippen LogP contribution < -0.4 is 5.32 Å². The first kappa shape index (κ1) is 20.4. The Morgan fingerprint density at radius 1 is 1.11 bits per heavy atom. The predicted molar refractivity (Wildman–Crippen MR) is 112 cm³/mol. The first-order valence-electron chi connectivity index (χ1n) is 9.08. The highest BCUT2D eigenvalue weighted by Gasteiger charge is 2.17. The van der Waals surface area contributed by atoms with E-state index < -0.39 is 0 Å². The van der Waals surface area contributed by atoms with Gasteiger partial charge in [0.15, 0.2) is 0 Å². The normalized spacial score (nSPS) is 12.1. The van der Waals surface area contributed by atoms with Crippen molar-refractivity contribution < 1.29 is 9.21 Å². The van der Waals surface area contributed by atoms with Crippen LogP contribution in [-0.4, -0.2) is 21.9 Å². The summed E-state index contributed by atoms with van der Waals surface area (Å²) in [6.45, 7) is 4.29. The molecule has 1 heterocycles. The molecule has 146 valence electrons. The van der Waals surface area contributed by atoms with Crippen LogP contribution in [0.3, 0.4) is 0 Å². The van der Waals surface area contributed by atoms with Crippen molar-refractivity contribution in [2.75, 3.05) is 5.75 Å². The topological polar surface area (TPSA) is 68.0 Å². The minimum Gasteiger partial charge on any atom is -0.411 e. The van der Waals surface area contributed by atoms with Gasteiger partial charge in [0.1, 0.15) is 0 Å². The summed E-state index contributed by atoms with van der Waals surface area (Å²) >= 11 is 7.12. The number of rotatable bonds is 8. The third kappa shape index (κ3) is 5.84. The van der Waals surface area contributed by atoms with Crippen LogP contribution in [0.4, 0.5) is 0 Å². The standard InChI is InChI=1S/C21H22ClN3O2S/c1-14(2)12-18(15-6-4-3-5-7-15)23-19(26)13-28-21-25-24-20(27-21)16-8-10-17(22)11-9-16/h3-11,14,18H,12-13H2,1-2H3,(H,23,26). The molecule has 7 heteroatoms. The van der Waals surface area contributed by atoms with Crippen molar-refractivity contribution in [3.05, 3.63) is 65.2 Å². The molecule has 1 amide bonds. The van der Waals surface area contributed by atoms with Crippen LogP contribution in [0, 0.1) is 5.92 Å². The van der Waals surface area contributed by atoms with Crippen molar-refractivity contribution in [2.45, 2.75) is 31.5 Å². The van der Waals surface area contributed by atoms with Gasteiger partial charge in [0, 0.05) is 10.6 Å². The number of benzene rings is 2. The van der Waals surface area contributed by atoms with E-state index in [2.05, 4.69) is 29.4 Å². The van der Waals surface area contributed by atoms with Gasteiger partial charge in [-0.2, -0.15) is 0 Å². The minimum absolute atomic E-state index is 0.0124. The van der Waals surface area contributed by atoms with E-state index in [4.69, 9.17) is 16.0 Å². The first-order chi connectivity index (χ1) is 13.5. The molecule has 2 aromatic carbocycles. The van der Waals surface area contributed by atoms with Gasteiger partial charge >= 0.3 is 0 Å². The van der Waals surface area contributed by atoms with Gasteiger partial charge in [-0.15, -0.1) is 10.2 Å². The van der Waals surface area contributed by atoms with Crippen molar-refractivity contribution in [1.29, 1.82) is 0 Å². The smallest absolute Gasteiger partial charge is 0.277 e. The van der Waals surface area contributed by atoms with Crippen LogP contribution in [0.25, 0.3) is 11.5 Å². The fraction of sp³-hybridized carbons (Fsp3) is 0.286. The summed E-state index contributed by atoms with van der Waals surface area (Å²) in [5, 5.41) is 12.2. The fourth-order valence-electron chi connectivity index (χ4n) is 2.78. The van der Waals surface area contributed by atoms with E-state index >= 15 is 0 Å². The number of carbonyl (C=O) groups excluding carboxylic acids is 1. The SMILES string of the molecule is CC(C)CC(NC(=O)CSc1nnc(-c2ccc(Cl)cc2)o1)c1ccccc1. The van der Waals surface area contributed by atoms with Crippen LogP contribution in [0.2, 0.25) is 5.02 Å². The number of aromatic nitrogens is 2. The maximum atomic E-state index is 12.5. The molecule has 0 saturated heterocycles. The molecule has 1 atom stereocenters. The molecule has 0 saturated carbocycles. The zero-order valence-corrected chi connectivity index (χ0v) is 17.3. The van der Waals surface area contributed by atoms with Gasteiger partial charge in [0.25, 0.3) is 5.22 Å². The highest BCUT2D eigenvalue weighted by Crippen LogP contribution is 2.25. The maximum absolute atomic E-state index is 12.5. The summed E-state index contributed by atoms with van der Waals surface area (Å²) in [5.41, 5.74) is 1.90. The van der Waals surface area contributed by atoms with E-state index in [0.29, 0.717) is 22.1 Å². The highest BCUT2D eigenvalue weighted by atomic mass is 35.5. The molecule has 0 spiro atoms. The molecule has 0 aliphatic heterocycles. The Balaban J connectivity index is 1.58. The second-order valence-corrected chi connectivity index (χ2v) is 8.19. The summed E-state index contributed by atoms with van der Waals surface area (Å²) in [5.74, 6) is 1.02. The quantitative estimate of drug-likeness (QED) is 0.500. The Morgan fingerprint density at radius 3 is 2.50 bits per heavy atom. The van der Waals surface area contributed by atoms with Crippen LogP contribution in [0.15, 0.2) is 64.2 Å². The van der Waals surface area contributed by atoms with Crippen LogP contribution in [0.1, 0.15) is 31.9 Å². The van der Waals surface area contributed by atoms with Crippen LogP contribution >= 0.6 is 23.4 Å². The van der Waals surface area contributed by atoms with Gasteiger partial charge in [-0.05, 0) is 42.2 Å². The van der Waals surface area contributed by atoms with Gasteiger partial charge in [0.05, 0.1) is 11.8 Å². The molecule has 3 aromatic rings. The van der Waals surface area contributed by atoms with Crippen molar-refractivity contribution >= 4 is 29.3 Å². The maximum Gasteiger partial charge on any atom is 0.277 e. The van der Waals surface area contributed by atoms with Gasteiger partial charge in [-0.1, -0.05) is 67.5 Å². The van der Waals surface area contributed by atoms with Crippen molar-refractivity contribution in [1.82, 2.24) is 15.5 Å². The second-order valence-electron chi connectivity index (χ2n) is 6.83. The van der Waals surface area contributed by atoms with E-state index in [9.17, 15) is 4.79 Å². The number of halogens is 1. The number of hydrogen-bond donors (Lipinski definition) is 1. The molecule has 0 aliphatic rings. The number of hydrogen-bond acceptors (Lipinski definition) is 5. The molecule has 28 heavy (non-hydrogen) atoms. The monoisotopic (exact) mass is 415 g/mol. The number of nitrogens with zero attached hydrogens (tertiary/aromatic N) is 2. The molecular weight excluding hydrogens is 394 g/mol. The minimum atomic E-state index is -0.0641. The van der Waals surface area contributed by atoms with Gasteiger partial charge in [-0.3, -0.25) is 4.79 Å². The molecule has 0 radical (unpaired) electrons. The lowest BCUT2D eigenvalue weighted by Gasteiger charge is -2.21. The molecule has 1 aromatic heterocycles. The van der Waals surface area contributed by atoms with Gasteiger partial charge in [0.2, 0.25) is 11.8 Å². The van der Waals surface area contributed by atoms with E-state index in [1.807, 2.05) is 42.5 Å². The average molecular weight is 416 g/mol. The fourth-order valence-corrected chi connectivity index (χ4v) is 3.48. The highest BCUT2D eigenvalue weighted by molar-refractivity contribution is 7.99. The lowest BCUT2D eigenvalue weighted by molar-refractivity contribution is -0.119. The third-order valence-electron chi connectivity index (χ3n) is 4.07. The first-order valence-corrected chi connectivity index (χ1v) is 10.4. The molecule has 0 bridgehead atoms. The molecular formula is C21H22ClN3O2S. The Bertz CT molecular complexity index is 898. The predicted octanol–water partition coefficient (Wildman–Crippen LogP) is 5.39. The number of carbonyl (C=O) groups is 1. The van der Waals surface area contributed by atoms with Crippen molar-refractivity contribution in [3.8, 4) is 11.5 Å². The largest absolute Gasteiger partial charge is 0.411 e. The van der Waals surface area contributed by atoms with E-state index in [0.717, 1.165) is 17.5 Å². The molecule has 3 rings (SSSR count). The third-order valence-corrected chi connectivity index (χ3v) is 5.14. The molecule has 5 nitrogen and oxygen atoms in total. The van der Waals surface area contributed by atoms with Crippen LogP contribution in [-0.2, 0) is 4.79 Å². The van der Waals surface area contributed by atoms with Crippen LogP contribution in [0.5, 0.6) is 0 Å². The number of thioether (sulfide) groups is 1. The van der Waals surface area contributed by atoms with E-state index in [1.165, 1.54) is 11.8 Å². The lowest BCUT2D eigenvalue weighted by atomic mass is 9.97. The Labute approximate surface area is 173 Å². The summed E-state index contributed by atoms with van der Waals surface area (Å²) in [6, 6.07) is 17.2. The zero-order valence-electron chi connectivity index (χ0n) is 15.8. The molecule has 1 N–H and O–H groups in total. The molecule has 0 aliphatic carbocycles. The molecule has 1 unspecified atom stereocenters. The number of amides is 1. The zero-order chi connectivity index (χ0) is 19.9. The second kappa shape index (κ2) is 9.75. The summed E-state index contributed by atoms with van der Waals surface area (Å²) < 4.78 is 5.63. The van der Waals surface area contributed by atoms with Crippen molar-refractivity contribution in [2.24, 2.45) is 5.92 Å². The Morgan fingerprint density at radius 2 is 1.82 bits per heavy atom. The summed E-state index contributed by atoms with van der Waals surface area (Å²) in [7, 11) is 0. The summed E-state index contributed by atoms with van der Waals surface area (Å²) in [4.78, 5) is 12.5. The van der Waals surface area contributed by atoms with Gasteiger partial charge in [-0.25, -0.2) is 0 Å². The van der Waals surface area contributed by atoms with E-state index in [-0.39, 0.29) is 17.7 Å². The summed E-state index contributed by atoms with van der Waals surface area (Å²) in [6.07, 6.45) is 0.877. The lowest BCUT2D eigenvalue weighted by Crippen LogP contribution is -2.30.